The Bertz CT molecular complexity index is 1070. The van der Waals surface area contributed by atoms with Crippen LogP contribution in [0.3, 0.4) is 0 Å². The molecule has 3 unspecified atom stereocenters. The zero-order valence-corrected chi connectivity index (χ0v) is 19.7. The molecule has 2 saturated heterocycles. The van der Waals surface area contributed by atoms with Crippen LogP contribution in [-0.4, -0.2) is 70.8 Å². The van der Waals surface area contributed by atoms with Gasteiger partial charge in [-0.3, -0.25) is 9.59 Å². The largest absolute Gasteiger partial charge is 0.337 e. The highest BCUT2D eigenvalue weighted by molar-refractivity contribution is 5.98. The maximum atomic E-state index is 13.7. The number of urea groups is 1. The fraction of sp³-hybridized carbons (Fsp3) is 0.444. The Labute approximate surface area is 204 Å². The number of likely N-dealkylation sites (tertiary alicyclic amines) is 1. The Balaban J connectivity index is 1.24. The fourth-order valence-corrected chi connectivity index (χ4v) is 5.78. The summed E-state index contributed by atoms with van der Waals surface area (Å²) in [6.07, 6.45) is 4.96. The van der Waals surface area contributed by atoms with Gasteiger partial charge in [-0.2, -0.15) is 0 Å². The number of halogens is 1. The second-order valence-electron chi connectivity index (χ2n) is 9.69. The summed E-state index contributed by atoms with van der Waals surface area (Å²) in [4.78, 5) is 45.1. The lowest BCUT2D eigenvalue weighted by Crippen LogP contribution is -2.56. The molecular weight excluding hydrogens is 447 g/mol. The number of piperazine rings is 1. The van der Waals surface area contributed by atoms with Crippen molar-refractivity contribution in [2.75, 3.05) is 31.5 Å². The number of carbonyl (C=O) groups excluding carboxylic acids is 3. The Morgan fingerprint density at radius 1 is 0.829 bits per heavy atom. The van der Waals surface area contributed by atoms with E-state index in [1.807, 2.05) is 35.2 Å². The van der Waals surface area contributed by atoms with Crippen LogP contribution in [0, 0.1) is 11.7 Å². The van der Waals surface area contributed by atoms with E-state index in [0.717, 1.165) is 25.7 Å². The molecule has 2 aromatic carbocycles. The van der Waals surface area contributed by atoms with Crippen LogP contribution in [0.2, 0.25) is 0 Å². The number of carbonyl (C=O) groups is 3. The van der Waals surface area contributed by atoms with Gasteiger partial charge in [0.15, 0.2) is 0 Å². The van der Waals surface area contributed by atoms with Crippen molar-refractivity contribution in [2.24, 2.45) is 5.92 Å². The van der Waals surface area contributed by atoms with Crippen molar-refractivity contribution in [3.63, 3.8) is 0 Å². The number of benzene rings is 2. The zero-order valence-electron chi connectivity index (χ0n) is 19.7. The van der Waals surface area contributed by atoms with E-state index in [1.54, 1.807) is 9.80 Å². The molecule has 0 aromatic heterocycles. The molecule has 7 nitrogen and oxygen atoms in total. The van der Waals surface area contributed by atoms with Crippen molar-refractivity contribution in [3.8, 4) is 0 Å². The fourth-order valence-electron chi connectivity index (χ4n) is 5.78. The summed E-state index contributed by atoms with van der Waals surface area (Å²) in [5.41, 5.74) is 1.15. The van der Waals surface area contributed by atoms with Gasteiger partial charge in [-0.1, -0.05) is 31.0 Å². The minimum absolute atomic E-state index is 0.0118. The molecule has 3 atom stereocenters. The molecule has 1 saturated carbocycles. The second kappa shape index (κ2) is 10.1. The summed E-state index contributed by atoms with van der Waals surface area (Å²) in [5.74, 6) is -0.0623. The van der Waals surface area contributed by atoms with Gasteiger partial charge in [0.25, 0.3) is 5.91 Å². The highest BCUT2D eigenvalue weighted by atomic mass is 19.1. The Morgan fingerprint density at radius 3 is 2.20 bits per heavy atom. The first-order valence-corrected chi connectivity index (χ1v) is 12.5. The Kier molecular flexibility index (Phi) is 6.70. The average molecular weight is 479 g/mol. The van der Waals surface area contributed by atoms with Crippen LogP contribution in [0.5, 0.6) is 0 Å². The minimum atomic E-state index is -0.449. The van der Waals surface area contributed by atoms with Crippen molar-refractivity contribution in [1.29, 1.82) is 0 Å². The van der Waals surface area contributed by atoms with Gasteiger partial charge in [0.2, 0.25) is 5.91 Å². The number of fused-ring (bicyclic) bond motifs is 1. The van der Waals surface area contributed by atoms with Gasteiger partial charge in [0, 0.05) is 43.5 Å². The van der Waals surface area contributed by atoms with Crippen LogP contribution in [-0.2, 0) is 4.79 Å². The number of anilines is 1. The average Bonchev–Trinajstić information content (AvgIpc) is 3.29. The molecule has 1 aliphatic carbocycles. The van der Waals surface area contributed by atoms with E-state index in [9.17, 15) is 18.8 Å². The molecule has 2 aliphatic heterocycles. The van der Waals surface area contributed by atoms with Crippen LogP contribution in [0.15, 0.2) is 54.6 Å². The van der Waals surface area contributed by atoms with Gasteiger partial charge in [-0.25, -0.2) is 9.18 Å². The van der Waals surface area contributed by atoms with E-state index in [1.165, 1.54) is 24.3 Å². The zero-order chi connectivity index (χ0) is 24.4. The van der Waals surface area contributed by atoms with E-state index in [-0.39, 0.29) is 29.7 Å². The predicted octanol–water partition coefficient (Wildman–Crippen LogP) is 3.98. The van der Waals surface area contributed by atoms with E-state index in [4.69, 9.17) is 0 Å². The quantitative estimate of drug-likeness (QED) is 0.726. The molecule has 5 rings (SSSR count). The lowest BCUT2D eigenvalue weighted by atomic mass is 9.84. The molecule has 0 radical (unpaired) electrons. The monoisotopic (exact) mass is 478 g/mol. The van der Waals surface area contributed by atoms with Gasteiger partial charge < -0.3 is 20.0 Å². The maximum absolute atomic E-state index is 13.7. The topological polar surface area (TPSA) is 73.0 Å². The SMILES string of the molecule is O=C(Nc1ccc(F)cc1)N1CCN(C(=O)C2CC3CCCCC3N2C(=O)c2ccccc2)CC1. The van der Waals surface area contributed by atoms with Gasteiger partial charge in [-0.05, 0) is 61.6 Å². The predicted molar refractivity (Wildman–Crippen MR) is 130 cm³/mol. The molecule has 2 heterocycles. The number of nitrogens with one attached hydrogen (secondary N) is 1. The molecule has 184 valence electrons. The normalized spacial score (nSPS) is 24.1. The van der Waals surface area contributed by atoms with E-state index in [2.05, 4.69) is 5.32 Å². The third-order valence-electron chi connectivity index (χ3n) is 7.60. The first kappa shape index (κ1) is 23.3. The number of rotatable bonds is 3. The number of nitrogens with zero attached hydrogens (tertiary/aromatic N) is 3. The maximum Gasteiger partial charge on any atom is 0.321 e. The van der Waals surface area contributed by atoms with Gasteiger partial charge >= 0.3 is 6.03 Å². The van der Waals surface area contributed by atoms with Crippen LogP contribution in [0.1, 0.15) is 42.5 Å². The molecular formula is C27H31FN4O3. The minimum Gasteiger partial charge on any atom is -0.337 e. The summed E-state index contributed by atoms with van der Waals surface area (Å²) >= 11 is 0. The third-order valence-corrected chi connectivity index (χ3v) is 7.60. The molecule has 2 aromatic rings. The first-order valence-electron chi connectivity index (χ1n) is 12.5. The molecule has 35 heavy (non-hydrogen) atoms. The summed E-state index contributed by atoms with van der Waals surface area (Å²) in [6, 6.07) is 14.3. The highest BCUT2D eigenvalue weighted by Crippen LogP contribution is 2.41. The van der Waals surface area contributed by atoms with Crippen molar-refractivity contribution in [2.45, 2.75) is 44.2 Å². The van der Waals surface area contributed by atoms with Crippen LogP contribution in [0.4, 0.5) is 14.9 Å². The summed E-state index contributed by atoms with van der Waals surface area (Å²) < 4.78 is 13.1. The first-order chi connectivity index (χ1) is 17.0. The van der Waals surface area contributed by atoms with Gasteiger partial charge in [0.1, 0.15) is 11.9 Å². The van der Waals surface area contributed by atoms with Crippen LogP contribution in [0.25, 0.3) is 0 Å². The number of hydrogen-bond donors (Lipinski definition) is 1. The Hall–Kier alpha value is -3.42. The highest BCUT2D eigenvalue weighted by Gasteiger charge is 2.48. The van der Waals surface area contributed by atoms with E-state index in [0.29, 0.717) is 49.8 Å². The molecule has 3 fully saturated rings. The van der Waals surface area contributed by atoms with E-state index < -0.39 is 6.04 Å². The van der Waals surface area contributed by atoms with Gasteiger partial charge in [-0.15, -0.1) is 0 Å². The number of amides is 4. The van der Waals surface area contributed by atoms with Crippen molar-refractivity contribution in [1.82, 2.24) is 14.7 Å². The van der Waals surface area contributed by atoms with E-state index >= 15 is 0 Å². The molecule has 1 N–H and O–H groups in total. The van der Waals surface area contributed by atoms with Crippen molar-refractivity contribution >= 4 is 23.5 Å². The van der Waals surface area contributed by atoms with Gasteiger partial charge in [0.05, 0.1) is 0 Å². The molecule has 8 heteroatoms. The summed E-state index contributed by atoms with van der Waals surface area (Å²) in [7, 11) is 0. The van der Waals surface area contributed by atoms with Crippen LogP contribution < -0.4 is 5.32 Å². The van der Waals surface area contributed by atoms with Crippen LogP contribution >= 0.6 is 0 Å². The lowest BCUT2D eigenvalue weighted by Gasteiger charge is -2.38. The summed E-state index contributed by atoms with van der Waals surface area (Å²) in [5, 5.41) is 2.78. The molecule has 3 aliphatic rings. The van der Waals surface area contributed by atoms with Crippen molar-refractivity contribution < 1.29 is 18.8 Å². The van der Waals surface area contributed by atoms with Crippen molar-refractivity contribution in [3.05, 3.63) is 66.0 Å². The molecule has 4 amide bonds. The molecule has 0 bridgehead atoms. The smallest absolute Gasteiger partial charge is 0.321 e. The lowest BCUT2D eigenvalue weighted by molar-refractivity contribution is -0.137. The second-order valence-corrected chi connectivity index (χ2v) is 9.69. The molecule has 0 spiro atoms. The number of hydrogen-bond acceptors (Lipinski definition) is 3. The summed E-state index contributed by atoms with van der Waals surface area (Å²) in [6.45, 7) is 1.67. The Morgan fingerprint density at radius 2 is 1.49 bits per heavy atom. The standard InChI is InChI=1S/C27H31FN4O3/c28-21-10-12-22(13-11-21)29-27(35)31-16-14-30(15-17-31)26(34)24-18-20-8-4-5-9-23(20)32(24)25(33)19-6-2-1-3-7-19/h1-3,6-7,10-13,20,23-24H,4-5,8-9,14-18H2,(H,29,35). The third kappa shape index (κ3) is 4.88.